The van der Waals surface area contributed by atoms with Gasteiger partial charge in [0, 0.05) is 13.1 Å². The molecule has 0 aromatic carbocycles. The predicted molar refractivity (Wildman–Crippen MR) is 44.4 cm³/mol. The van der Waals surface area contributed by atoms with Crippen LogP contribution in [0.5, 0.6) is 0 Å². The van der Waals surface area contributed by atoms with Crippen molar-refractivity contribution in [3.8, 4) is 0 Å². The number of halogens is 1. The summed E-state index contributed by atoms with van der Waals surface area (Å²) in [5, 5.41) is 9.10. The zero-order valence-corrected chi connectivity index (χ0v) is 7.23. The summed E-state index contributed by atoms with van der Waals surface area (Å²) in [6, 6.07) is 0. The predicted octanol–water partition coefficient (Wildman–Crippen LogP) is 1.23. The van der Waals surface area contributed by atoms with Gasteiger partial charge in [-0.25, -0.2) is 0 Å². The number of nitrogens with zero attached hydrogens (tertiary/aromatic N) is 1. The number of piperidine rings is 1. The molecule has 0 spiro atoms. The van der Waals surface area contributed by atoms with Crippen molar-refractivity contribution >= 4 is 12.4 Å². The molecule has 1 saturated heterocycles. The molecule has 0 saturated carbocycles. The number of aliphatic hydroxyl groups excluding tert-OH is 1. The molecule has 1 N–H and O–H groups in total. The second-order valence-electron chi connectivity index (χ2n) is 2.73. The van der Waals surface area contributed by atoms with Gasteiger partial charge in [0.05, 0.1) is 0 Å². The molecule has 2 nitrogen and oxygen atoms in total. The van der Waals surface area contributed by atoms with Crippen LogP contribution in [0.25, 0.3) is 0 Å². The Hall–Kier alpha value is 0.210. The third-order valence-corrected chi connectivity index (χ3v) is 1.92. The largest absolute Gasteiger partial charge is 0.379 e. The first-order valence-electron chi connectivity index (χ1n) is 3.73. The molecule has 1 aliphatic rings. The molecular formula is C7H16ClNO. The monoisotopic (exact) mass is 165 g/mol. The molecule has 1 aliphatic heterocycles. The zero-order valence-electron chi connectivity index (χ0n) is 6.42. The minimum absolute atomic E-state index is 0. The molecular weight excluding hydrogens is 150 g/mol. The van der Waals surface area contributed by atoms with E-state index in [2.05, 4.69) is 4.90 Å². The fraction of sp³-hybridized carbons (Fsp3) is 1.00. The molecule has 1 atom stereocenters. The summed E-state index contributed by atoms with van der Waals surface area (Å²) >= 11 is 0. The van der Waals surface area contributed by atoms with E-state index in [0.717, 1.165) is 13.1 Å². The summed E-state index contributed by atoms with van der Waals surface area (Å²) in [5.74, 6) is 0. The van der Waals surface area contributed by atoms with Crippen LogP contribution in [-0.2, 0) is 0 Å². The highest BCUT2D eigenvalue weighted by Gasteiger charge is 2.12. The summed E-state index contributed by atoms with van der Waals surface area (Å²) in [4.78, 5) is 2.11. The van der Waals surface area contributed by atoms with E-state index >= 15 is 0 Å². The topological polar surface area (TPSA) is 23.5 Å². The zero-order chi connectivity index (χ0) is 6.69. The smallest absolute Gasteiger partial charge is 0.104 e. The van der Waals surface area contributed by atoms with Gasteiger partial charge in [-0.15, -0.1) is 12.4 Å². The van der Waals surface area contributed by atoms with E-state index < -0.39 is 0 Å². The maximum atomic E-state index is 9.10. The summed E-state index contributed by atoms with van der Waals surface area (Å²) in [5.41, 5.74) is 0. The lowest BCUT2D eigenvalue weighted by Gasteiger charge is -2.28. The van der Waals surface area contributed by atoms with Crippen molar-refractivity contribution in [2.24, 2.45) is 0 Å². The summed E-state index contributed by atoms with van der Waals surface area (Å²) in [6.45, 7) is 4.00. The summed E-state index contributed by atoms with van der Waals surface area (Å²) < 4.78 is 0. The first kappa shape index (κ1) is 10.2. The van der Waals surface area contributed by atoms with E-state index in [9.17, 15) is 0 Å². The van der Waals surface area contributed by atoms with Gasteiger partial charge in [-0.2, -0.15) is 0 Å². The van der Waals surface area contributed by atoms with Crippen molar-refractivity contribution in [2.75, 3.05) is 13.1 Å². The maximum Gasteiger partial charge on any atom is 0.104 e. The van der Waals surface area contributed by atoms with Crippen LogP contribution in [0.1, 0.15) is 26.2 Å². The average molecular weight is 166 g/mol. The number of aliphatic hydroxyl groups is 1. The van der Waals surface area contributed by atoms with Crippen molar-refractivity contribution in [3.63, 3.8) is 0 Å². The van der Waals surface area contributed by atoms with E-state index in [1.54, 1.807) is 0 Å². The highest BCUT2D eigenvalue weighted by Crippen LogP contribution is 2.09. The second-order valence-corrected chi connectivity index (χ2v) is 2.73. The Kier molecular flexibility index (Phi) is 5.04. The lowest BCUT2D eigenvalue weighted by molar-refractivity contribution is 0.00665. The van der Waals surface area contributed by atoms with Gasteiger partial charge >= 0.3 is 0 Å². The maximum absolute atomic E-state index is 9.10. The van der Waals surface area contributed by atoms with E-state index in [4.69, 9.17) is 5.11 Å². The van der Waals surface area contributed by atoms with E-state index in [1.165, 1.54) is 19.3 Å². The normalized spacial score (nSPS) is 23.4. The van der Waals surface area contributed by atoms with Gasteiger partial charge in [0.15, 0.2) is 0 Å². The molecule has 1 rings (SSSR count). The lowest BCUT2D eigenvalue weighted by atomic mass is 10.1. The number of rotatable bonds is 1. The van der Waals surface area contributed by atoms with Crippen molar-refractivity contribution in [2.45, 2.75) is 32.4 Å². The fourth-order valence-electron chi connectivity index (χ4n) is 1.29. The van der Waals surface area contributed by atoms with Gasteiger partial charge in [0.1, 0.15) is 6.23 Å². The Morgan fingerprint density at radius 1 is 1.20 bits per heavy atom. The summed E-state index contributed by atoms with van der Waals surface area (Å²) in [6.07, 6.45) is 3.62. The molecule has 3 heteroatoms. The van der Waals surface area contributed by atoms with E-state index in [-0.39, 0.29) is 18.6 Å². The Morgan fingerprint density at radius 2 is 1.70 bits per heavy atom. The van der Waals surface area contributed by atoms with Crippen molar-refractivity contribution < 1.29 is 5.11 Å². The van der Waals surface area contributed by atoms with Crippen LogP contribution in [-0.4, -0.2) is 29.3 Å². The molecule has 10 heavy (non-hydrogen) atoms. The van der Waals surface area contributed by atoms with Crippen molar-refractivity contribution in [3.05, 3.63) is 0 Å². The first-order valence-corrected chi connectivity index (χ1v) is 3.73. The third-order valence-electron chi connectivity index (χ3n) is 1.92. The van der Waals surface area contributed by atoms with Crippen LogP contribution in [0.2, 0.25) is 0 Å². The molecule has 0 bridgehead atoms. The van der Waals surface area contributed by atoms with Crippen LogP contribution < -0.4 is 0 Å². The van der Waals surface area contributed by atoms with Gasteiger partial charge in [-0.3, -0.25) is 4.90 Å². The number of hydrogen-bond donors (Lipinski definition) is 1. The van der Waals surface area contributed by atoms with Gasteiger partial charge in [0.25, 0.3) is 0 Å². The Bertz CT molecular complexity index is 81.7. The molecule has 62 valence electrons. The highest BCUT2D eigenvalue weighted by molar-refractivity contribution is 5.85. The lowest BCUT2D eigenvalue weighted by Crippen LogP contribution is -2.36. The minimum Gasteiger partial charge on any atom is -0.379 e. The SMILES string of the molecule is CC(O)N1CCCCC1.Cl. The molecule has 0 aliphatic carbocycles. The highest BCUT2D eigenvalue weighted by atomic mass is 35.5. The van der Waals surface area contributed by atoms with Crippen LogP contribution in [0.4, 0.5) is 0 Å². The van der Waals surface area contributed by atoms with Crippen LogP contribution in [0.15, 0.2) is 0 Å². The molecule has 1 heterocycles. The first-order chi connectivity index (χ1) is 4.30. The van der Waals surface area contributed by atoms with Crippen LogP contribution >= 0.6 is 12.4 Å². The van der Waals surface area contributed by atoms with E-state index in [1.807, 2.05) is 6.92 Å². The number of likely N-dealkylation sites (tertiary alicyclic amines) is 1. The average Bonchev–Trinajstić information content (AvgIpc) is 1.90. The van der Waals surface area contributed by atoms with Gasteiger partial charge in [-0.1, -0.05) is 6.42 Å². The standard InChI is InChI=1S/C7H15NO.ClH/c1-7(9)8-5-3-2-4-6-8;/h7,9H,2-6H2,1H3;1H. The molecule has 1 unspecified atom stereocenters. The molecule has 0 aromatic heterocycles. The van der Waals surface area contributed by atoms with Gasteiger partial charge in [0.2, 0.25) is 0 Å². The Balaban J connectivity index is 0.000000810. The van der Waals surface area contributed by atoms with Gasteiger partial charge in [-0.05, 0) is 19.8 Å². The quantitative estimate of drug-likeness (QED) is 0.632. The fourth-order valence-corrected chi connectivity index (χ4v) is 1.29. The van der Waals surface area contributed by atoms with Crippen molar-refractivity contribution in [1.29, 1.82) is 0 Å². The summed E-state index contributed by atoms with van der Waals surface area (Å²) in [7, 11) is 0. The Morgan fingerprint density at radius 3 is 2.00 bits per heavy atom. The Labute approximate surface area is 68.6 Å². The molecule has 0 amide bonds. The van der Waals surface area contributed by atoms with Crippen LogP contribution in [0.3, 0.4) is 0 Å². The van der Waals surface area contributed by atoms with Gasteiger partial charge < -0.3 is 5.11 Å². The molecule has 1 fully saturated rings. The minimum atomic E-state index is -0.231. The molecule has 0 radical (unpaired) electrons. The van der Waals surface area contributed by atoms with Crippen LogP contribution in [0, 0.1) is 0 Å². The second kappa shape index (κ2) is 4.94. The van der Waals surface area contributed by atoms with Crippen molar-refractivity contribution in [1.82, 2.24) is 4.90 Å². The third kappa shape index (κ3) is 2.86. The molecule has 0 aromatic rings. The van der Waals surface area contributed by atoms with E-state index in [0.29, 0.717) is 0 Å². The number of hydrogen-bond acceptors (Lipinski definition) is 2.